The van der Waals surface area contributed by atoms with Crippen LogP contribution in [-0.4, -0.2) is 9.97 Å². The van der Waals surface area contributed by atoms with Crippen LogP contribution in [0.4, 0.5) is 10.2 Å². The molecule has 1 heterocycles. The Morgan fingerprint density at radius 1 is 1.38 bits per heavy atom. The molecule has 106 valence electrons. The molecule has 0 atom stereocenters. The molecule has 2 aromatic rings. The van der Waals surface area contributed by atoms with E-state index in [1.807, 2.05) is 0 Å². The minimum absolute atomic E-state index is 0.125. The molecule has 3 rings (SSSR count). The van der Waals surface area contributed by atoms with Gasteiger partial charge in [0, 0.05) is 5.92 Å². The van der Waals surface area contributed by atoms with E-state index < -0.39 is 5.82 Å². The van der Waals surface area contributed by atoms with Gasteiger partial charge in [-0.3, -0.25) is 0 Å². The fraction of sp³-hybridized carbons (Fsp3) is 0.267. The van der Waals surface area contributed by atoms with Gasteiger partial charge in [-0.05, 0) is 31.9 Å². The lowest BCUT2D eigenvalue weighted by molar-refractivity contribution is 0.448. The number of anilines is 1. The second-order valence-electron chi connectivity index (χ2n) is 5.00. The number of benzene rings is 1. The van der Waals surface area contributed by atoms with Crippen LogP contribution in [-0.2, 0) is 0 Å². The number of ether oxygens (including phenoxy) is 1. The van der Waals surface area contributed by atoms with Crippen LogP contribution in [0.3, 0.4) is 0 Å². The van der Waals surface area contributed by atoms with Gasteiger partial charge in [0.05, 0.1) is 5.56 Å². The summed E-state index contributed by atoms with van der Waals surface area (Å²) in [5.74, 6) is 1.07. The van der Waals surface area contributed by atoms with Gasteiger partial charge in [0.2, 0.25) is 5.88 Å². The number of halogens is 1. The minimum atomic E-state index is -0.628. The smallest absolute Gasteiger partial charge is 0.227 e. The highest BCUT2D eigenvalue weighted by Gasteiger charge is 2.28. The van der Waals surface area contributed by atoms with E-state index in [1.165, 1.54) is 18.2 Å². The highest BCUT2D eigenvalue weighted by Crippen LogP contribution is 2.40. The first-order valence-electron chi connectivity index (χ1n) is 6.60. The SMILES string of the molecule is Cc1c(N)nc(C2CC2)nc1Oc1cccc(F)c1C#N. The number of nitrogen functional groups attached to an aromatic ring is 1. The van der Waals surface area contributed by atoms with E-state index in [1.54, 1.807) is 13.0 Å². The van der Waals surface area contributed by atoms with Gasteiger partial charge in [-0.2, -0.15) is 10.2 Å². The van der Waals surface area contributed by atoms with Crippen molar-refractivity contribution in [3.63, 3.8) is 0 Å². The monoisotopic (exact) mass is 284 g/mol. The molecule has 1 aliphatic rings. The molecular formula is C15H13FN4O. The van der Waals surface area contributed by atoms with Crippen LogP contribution in [0.2, 0.25) is 0 Å². The summed E-state index contributed by atoms with van der Waals surface area (Å²) in [4.78, 5) is 8.60. The maximum Gasteiger partial charge on any atom is 0.227 e. The Morgan fingerprint density at radius 2 is 2.14 bits per heavy atom. The lowest BCUT2D eigenvalue weighted by Gasteiger charge is -2.12. The average Bonchev–Trinajstić information content (AvgIpc) is 3.28. The first kappa shape index (κ1) is 13.3. The van der Waals surface area contributed by atoms with Crippen molar-refractivity contribution < 1.29 is 9.13 Å². The van der Waals surface area contributed by atoms with E-state index in [0.29, 0.717) is 23.1 Å². The van der Waals surface area contributed by atoms with E-state index in [4.69, 9.17) is 15.7 Å². The lowest BCUT2D eigenvalue weighted by Crippen LogP contribution is -2.05. The molecule has 0 spiro atoms. The summed E-state index contributed by atoms with van der Waals surface area (Å²) in [6.07, 6.45) is 2.07. The van der Waals surface area contributed by atoms with Gasteiger partial charge in [-0.1, -0.05) is 6.07 Å². The maximum atomic E-state index is 13.6. The fourth-order valence-electron chi connectivity index (χ4n) is 1.96. The topological polar surface area (TPSA) is 84.8 Å². The van der Waals surface area contributed by atoms with E-state index in [0.717, 1.165) is 12.8 Å². The van der Waals surface area contributed by atoms with Crippen molar-refractivity contribution in [3.05, 3.63) is 41.0 Å². The van der Waals surface area contributed by atoms with Gasteiger partial charge in [0.1, 0.15) is 34.8 Å². The third-order valence-corrected chi connectivity index (χ3v) is 3.39. The molecule has 1 saturated carbocycles. The van der Waals surface area contributed by atoms with Gasteiger partial charge >= 0.3 is 0 Å². The number of hydrogen-bond acceptors (Lipinski definition) is 5. The van der Waals surface area contributed by atoms with E-state index in [2.05, 4.69) is 9.97 Å². The van der Waals surface area contributed by atoms with Crippen LogP contribution in [0.1, 0.15) is 35.7 Å². The van der Waals surface area contributed by atoms with E-state index in [9.17, 15) is 4.39 Å². The summed E-state index contributed by atoms with van der Waals surface area (Å²) in [5.41, 5.74) is 6.30. The van der Waals surface area contributed by atoms with Crippen molar-refractivity contribution in [1.82, 2.24) is 9.97 Å². The quantitative estimate of drug-likeness (QED) is 0.936. The van der Waals surface area contributed by atoms with Crippen molar-refractivity contribution in [2.75, 3.05) is 5.73 Å². The van der Waals surface area contributed by atoms with Crippen molar-refractivity contribution >= 4 is 5.82 Å². The maximum absolute atomic E-state index is 13.6. The number of nitrogens with zero attached hydrogens (tertiary/aromatic N) is 3. The zero-order valence-corrected chi connectivity index (χ0v) is 11.4. The van der Waals surface area contributed by atoms with Crippen LogP contribution >= 0.6 is 0 Å². The Balaban J connectivity index is 2.02. The number of nitrogens with two attached hydrogens (primary N) is 1. The third-order valence-electron chi connectivity index (χ3n) is 3.39. The lowest BCUT2D eigenvalue weighted by atomic mass is 10.2. The molecule has 5 nitrogen and oxygen atoms in total. The van der Waals surface area contributed by atoms with Crippen LogP contribution < -0.4 is 10.5 Å². The second-order valence-corrected chi connectivity index (χ2v) is 5.00. The van der Waals surface area contributed by atoms with Gasteiger partial charge in [-0.15, -0.1) is 0 Å². The highest BCUT2D eigenvalue weighted by atomic mass is 19.1. The Kier molecular flexibility index (Phi) is 3.18. The molecule has 1 fully saturated rings. The van der Waals surface area contributed by atoms with Crippen molar-refractivity contribution in [2.45, 2.75) is 25.7 Å². The summed E-state index contributed by atoms with van der Waals surface area (Å²) >= 11 is 0. The first-order chi connectivity index (χ1) is 10.1. The van der Waals surface area contributed by atoms with Gasteiger partial charge in [-0.25, -0.2) is 9.37 Å². The molecule has 0 radical (unpaired) electrons. The summed E-state index contributed by atoms with van der Waals surface area (Å²) in [6, 6.07) is 6.01. The molecule has 0 bridgehead atoms. The summed E-state index contributed by atoms with van der Waals surface area (Å²) < 4.78 is 19.2. The molecule has 2 N–H and O–H groups in total. The molecule has 6 heteroatoms. The van der Waals surface area contributed by atoms with Gasteiger partial charge < -0.3 is 10.5 Å². The molecule has 0 unspecified atom stereocenters. The number of nitriles is 1. The van der Waals surface area contributed by atoms with Crippen molar-refractivity contribution in [2.24, 2.45) is 0 Å². The molecule has 0 amide bonds. The van der Waals surface area contributed by atoms with Crippen LogP contribution in [0.25, 0.3) is 0 Å². The van der Waals surface area contributed by atoms with E-state index in [-0.39, 0.29) is 17.2 Å². The first-order valence-corrected chi connectivity index (χ1v) is 6.60. The molecule has 21 heavy (non-hydrogen) atoms. The predicted octanol–water partition coefficient (Wildman–Crippen LogP) is 3.05. The number of aromatic nitrogens is 2. The number of rotatable bonds is 3. The largest absolute Gasteiger partial charge is 0.437 e. The van der Waals surface area contributed by atoms with Crippen LogP contribution in [0.15, 0.2) is 18.2 Å². The van der Waals surface area contributed by atoms with Crippen molar-refractivity contribution in [1.29, 1.82) is 5.26 Å². The summed E-state index contributed by atoms with van der Waals surface area (Å²) in [7, 11) is 0. The van der Waals surface area contributed by atoms with Gasteiger partial charge in [0.15, 0.2) is 0 Å². The number of hydrogen-bond donors (Lipinski definition) is 1. The molecule has 0 aliphatic heterocycles. The molecule has 1 aromatic heterocycles. The second kappa shape index (κ2) is 5.02. The standard InChI is InChI=1S/C15H13FN4O/c1-8-13(18)19-14(9-5-6-9)20-15(8)21-12-4-2-3-11(16)10(12)7-17/h2-4,9H,5-6H2,1H3,(H2,18,19,20). The van der Waals surface area contributed by atoms with E-state index >= 15 is 0 Å². The zero-order valence-electron chi connectivity index (χ0n) is 11.4. The Bertz CT molecular complexity index is 750. The molecule has 0 saturated heterocycles. The highest BCUT2D eigenvalue weighted by molar-refractivity contribution is 5.50. The molecular weight excluding hydrogens is 271 g/mol. The van der Waals surface area contributed by atoms with Crippen molar-refractivity contribution in [3.8, 4) is 17.7 Å². The molecule has 1 aliphatic carbocycles. The zero-order chi connectivity index (χ0) is 15.0. The normalized spacial score (nSPS) is 13.8. The Morgan fingerprint density at radius 3 is 2.81 bits per heavy atom. The summed E-state index contributed by atoms with van der Waals surface area (Å²) in [6.45, 7) is 1.73. The van der Waals surface area contributed by atoms with Crippen LogP contribution in [0, 0.1) is 24.1 Å². The minimum Gasteiger partial charge on any atom is -0.437 e. The predicted molar refractivity (Wildman–Crippen MR) is 74.3 cm³/mol. The average molecular weight is 284 g/mol. The van der Waals surface area contributed by atoms with Crippen LogP contribution in [0.5, 0.6) is 11.6 Å². The Labute approximate surface area is 121 Å². The van der Waals surface area contributed by atoms with Gasteiger partial charge in [0.25, 0.3) is 0 Å². The Hall–Kier alpha value is -2.68. The fourth-order valence-corrected chi connectivity index (χ4v) is 1.96. The summed E-state index contributed by atoms with van der Waals surface area (Å²) in [5, 5.41) is 9.03. The molecule has 1 aromatic carbocycles. The third kappa shape index (κ3) is 2.50.